The molecular formula is C55H31N3O2. The SMILES string of the molecule is c1ccc2c(-c3cccc4oc5ccccc5c34)cc(-c3nc(-c4ccc5c(ccc6oc7ccccc7c65)c4)nc(-c4cc5ccccc5c5ccccc45)n3)cc2c1. The molecule has 0 amide bonds. The summed E-state index contributed by atoms with van der Waals surface area (Å²) >= 11 is 0. The number of furan rings is 2. The number of hydrogen-bond donors (Lipinski definition) is 0. The first kappa shape index (κ1) is 32.9. The number of hydrogen-bond acceptors (Lipinski definition) is 5. The highest BCUT2D eigenvalue weighted by Gasteiger charge is 2.20. The molecule has 13 aromatic rings. The third kappa shape index (κ3) is 4.96. The number of rotatable bonds is 4. The first-order valence-electron chi connectivity index (χ1n) is 20.2. The minimum Gasteiger partial charge on any atom is -0.456 e. The Hall–Kier alpha value is -8.15. The second-order valence-corrected chi connectivity index (χ2v) is 15.5. The van der Waals surface area contributed by atoms with E-state index >= 15 is 0 Å². The van der Waals surface area contributed by atoms with E-state index in [1.54, 1.807) is 0 Å². The van der Waals surface area contributed by atoms with Crippen LogP contribution in [0.25, 0.3) is 132 Å². The van der Waals surface area contributed by atoms with E-state index in [4.69, 9.17) is 23.8 Å². The van der Waals surface area contributed by atoms with Crippen LogP contribution >= 0.6 is 0 Å². The summed E-state index contributed by atoms with van der Waals surface area (Å²) in [6.45, 7) is 0. The molecule has 3 heterocycles. The zero-order valence-electron chi connectivity index (χ0n) is 32.1. The van der Waals surface area contributed by atoms with Gasteiger partial charge in [-0.05, 0) is 103 Å². The lowest BCUT2D eigenvalue weighted by molar-refractivity contribution is 0.668. The third-order valence-corrected chi connectivity index (χ3v) is 12.1. The molecule has 0 unspecified atom stereocenters. The van der Waals surface area contributed by atoms with Gasteiger partial charge in [0.25, 0.3) is 0 Å². The van der Waals surface area contributed by atoms with Crippen molar-refractivity contribution in [1.82, 2.24) is 15.0 Å². The summed E-state index contributed by atoms with van der Waals surface area (Å²) < 4.78 is 12.6. The standard InChI is InChI=1S/C55H31N3O2/c1-4-15-38-32(12-1)29-36(31-45(38)42-20-11-23-49-52(42)44-19-8-10-22-48(44)59-49)54-56-53(35-24-26-39-34(28-35)25-27-50-51(39)43-18-7-9-21-47(43)60-50)57-55(58-54)46-30-33-13-2-3-14-37(33)40-16-5-6-17-41(40)46/h1-31H. The summed E-state index contributed by atoms with van der Waals surface area (Å²) in [7, 11) is 0. The fourth-order valence-electron chi connectivity index (χ4n) is 9.35. The molecule has 0 spiro atoms. The van der Waals surface area contributed by atoms with Crippen LogP contribution in [0.3, 0.4) is 0 Å². The maximum atomic E-state index is 6.37. The van der Waals surface area contributed by atoms with Gasteiger partial charge in [0, 0.05) is 38.2 Å². The van der Waals surface area contributed by atoms with E-state index in [9.17, 15) is 0 Å². The van der Waals surface area contributed by atoms with E-state index in [1.807, 2.05) is 30.3 Å². The fraction of sp³-hybridized carbons (Fsp3) is 0. The van der Waals surface area contributed by atoms with Gasteiger partial charge in [-0.1, -0.05) is 140 Å². The Bertz CT molecular complexity index is 3910. The molecule has 0 radical (unpaired) electrons. The molecule has 0 saturated carbocycles. The largest absolute Gasteiger partial charge is 0.456 e. The Kier molecular flexibility index (Phi) is 6.95. The van der Waals surface area contributed by atoms with Gasteiger partial charge in [0.2, 0.25) is 0 Å². The van der Waals surface area contributed by atoms with E-state index in [2.05, 4.69) is 158 Å². The lowest BCUT2D eigenvalue weighted by Crippen LogP contribution is -2.01. The van der Waals surface area contributed by atoms with E-state index in [0.717, 1.165) is 109 Å². The summed E-state index contributed by atoms with van der Waals surface area (Å²) in [5, 5.41) is 13.4. The summed E-state index contributed by atoms with van der Waals surface area (Å²) in [6.07, 6.45) is 0. The van der Waals surface area contributed by atoms with Crippen molar-refractivity contribution in [3.63, 3.8) is 0 Å². The summed E-state index contributed by atoms with van der Waals surface area (Å²) in [5.41, 5.74) is 8.41. The zero-order valence-corrected chi connectivity index (χ0v) is 32.1. The molecule has 0 atom stereocenters. The van der Waals surface area contributed by atoms with E-state index in [-0.39, 0.29) is 0 Å². The highest BCUT2D eigenvalue weighted by molar-refractivity contribution is 6.19. The average molecular weight is 766 g/mol. The van der Waals surface area contributed by atoms with Crippen LogP contribution in [0, 0.1) is 0 Å². The van der Waals surface area contributed by atoms with E-state index in [1.165, 1.54) is 5.39 Å². The molecule has 3 aromatic heterocycles. The molecule has 0 saturated heterocycles. The summed E-state index contributed by atoms with van der Waals surface area (Å²) in [5.74, 6) is 1.81. The van der Waals surface area contributed by atoms with Gasteiger partial charge in [-0.3, -0.25) is 0 Å². The van der Waals surface area contributed by atoms with Crippen molar-refractivity contribution in [2.75, 3.05) is 0 Å². The summed E-state index contributed by atoms with van der Waals surface area (Å²) in [4.78, 5) is 16.0. The molecule has 13 rings (SSSR count). The zero-order chi connectivity index (χ0) is 39.3. The Balaban J connectivity index is 1.08. The van der Waals surface area contributed by atoms with Gasteiger partial charge >= 0.3 is 0 Å². The van der Waals surface area contributed by atoms with E-state index in [0.29, 0.717) is 17.5 Å². The van der Waals surface area contributed by atoms with Crippen LogP contribution in [0.15, 0.2) is 197 Å². The molecule has 5 nitrogen and oxygen atoms in total. The molecule has 5 heteroatoms. The molecule has 0 aliphatic heterocycles. The number of fused-ring (bicyclic) bond motifs is 12. The monoisotopic (exact) mass is 765 g/mol. The van der Waals surface area contributed by atoms with Crippen LogP contribution in [0.1, 0.15) is 0 Å². The highest BCUT2D eigenvalue weighted by atomic mass is 16.3. The number of aromatic nitrogens is 3. The molecule has 0 N–H and O–H groups in total. The van der Waals surface area contributed by atoms with Gasteiger partial charge < -0.3 is 8.83 Å². The average Bonchev–Trinajstić information content (AvgIpc) is 3.90. The Morgan fingerprint density at radius 1 is 0.267 bits per heavy atom. The molecule has 10 aromatic carbocycles. The Morgan fingerprint density at radius 2 is 0.817 bits per heavy atom. The van der Waals surface area contributed by atoms with Gasteiger partial charge in [-0.2, -0.15) is 0 Å². The second-order valence-electron chi connectivity index (χ2n) is 15.5. The van der Waals surface area contributed by atoms with Crippen LogP contribution in [0.2, 0.25) is 0 Å². The second kappa shape index (κ2) is 12.7. The van der Waals surface area contributed by atoms with Crippen molar-refractivity contribution < 1.29 is 8.83 Å². The van der Waals surface area contributed by atoms with Crippen molar-refractivity contribution >= 4 is 87.0 Å². The van der Waals surface area contributed by atoms with Gasteiger partial charge in [-0.25, -0.2) is 15.0 Å². The van der Waals surface area contributed by atoms with Crippen LogP contribution in [0.5, 0.6) is 0 Å². The highest BCUT2D eigenvalue weighted by Crippen LogP contribution is 2.42. The minimum absolute atomic E-state index is 0.597. The number of nitrogens with zero attached hydrogens (tertiary/aromatic N) is 3. The lowest BCUT2D eigenvalue weighted by Gasteiger charge is -2.14. The van der Waals surface area contributed by atoms with E-state index < -0.39 is 0 Å². The van der Waals surface area contributed by atoms with Gasteiger partial charge in [0.1, 0.15) is 22.3 Å². The first-order chi connectivity index (χ1) is 29.7. The van der Waals surface area contributed by atoms with Crippen molar-refractivity contribution in [3.8, 4) is 45.3 Å². The van der Waals surface area contributed by atoms with Crippen molar-refractivity contribution in [1.29, 1.82) is 0 Å². The molecule has 0 aliphatic rings. The van der Waals surface area contributed by atoms with Crippen LogP contribution in [-0.4, -0.2) is 15.0 Å². The summed E-state index contributed by atoms with van der Waals surface area (Å²) in [6, 6.07) is 65.7. The number of para-hydroxylation sites is 2. The molecule has 0 bridgehead atoms. The molecular weight excluding hydrogens is 735 g/mol. The maximum Gasteiger partial charge on any atom is 0.164 e. The minimum atomic E-state index is 0.597. The van der Waals surface area contributed by atoms with Gasteiger partial charge in [0.15, 0.2) is 17.5 Å². The van der Waals surface area contributed by atoms with Gasteiger partial charge in [0.05, 0.1) is 0 Å². The maximum absolute atomic E-state index is 6.37. The lowest BCUT2D eigenvalue weighted by atomic mass is 9.92. The Labute approximate surface area is 342 Å². The molecule has 278 valence electrons. The van der Waals surface area contributed by atoms with Crippen molar-refractivity contribution in [2.24, 2.45) is 0 Å². The van der Waals surface area contributed by atoms with Crippen LogP contribution in [-0.2, 0) is 0 Å². The predicted molar refractivity (Wildman–Crippen MR) is 246 cm³/mol. The van der Waals surface area contributed by atoms with Gasteiger partial charge in [-0.15, -0.1) is 0 Å². The fourth-order valence-corrected chi connectivity index (χ4v) is 9.35. The van der Waals surface area contributed by atoms with Crippen molar-refractivity contribution in [2.45, 2.75) is 0 Å². The van der Waals surface area contributed by atoms with Crippen molar-refractivity contribution in [3.05, 3.63) is 188 Å². The topological polar surface area (TPSA) is 65.0 Å². The Morgan fingerprint density at radius 3 is 1.60 bits per heavy atom. The quantitative estimate of drug-likeness (QED) is 0.167. The van der Waals surface area contributed by atoms with Crippen LogP contribution in [0.4, 0.5) is 0 Å². The number of benzene rings is 10. The van der Waals surface area contributed by atoms with Crippen LogP contribution < -0.4 is 0 Å². The molecule has 60 heavy (non-hydrogen) atoms. The third-order valence-electron chi connectivity index (χ3n) is 12.1. The smallest absolute Gasteiger partial charge is 0.164 e. The predicted octanol–water partition coefficient (Wildman–Crippen LogP) is 15.0. The first-order valence-corrected chi connectivity index (χ1v) is 20.2. The normalized spacial score (nSPS) is 12.0. The molecule has 0 aliphatic carbocycles. The molecule has 0 fully saturated rings.